The molecule has 2 heterocycles. The summed E-state index contributed by atoms with van der Waals surface area (Å²) >= 11 is 0. The Bertz CT molecular complexity index is 995. The van der Waals surface area contributed by atoms with Crippen LogP contribution >= 0.6 is 0 Å². The van der Waals surface area contributed by atoms with E-state index < -0.39 is 17.5 Å². The minimum atomic E-state index is -0.446. The molecule has 1 aromatic heterocycles. The normalized spacial score (nSPS) is 12.9. The fraction of sp³-hybridized carbons (Fsp3) is 0.105. The van der Waals surface area contributed by atoms with Gasteiger partial charge in [-0.3, -0.25) is 15.2 Å². The van der Waals surface area contributed by atoms with Gasteiger partial charge in [0.1, 0.15) is 29.7 Å². The summed E-state index contributed by atoms with van der Waals surface area (Å²) in [6.07, 6.45) is 2.71. The van der Waals surface area contributed by atoms with Crippen LogP contribution < -0.4 is 15.2 Å². The number of benzene rings is 2. The van der Waals surface area contributed by atoms with Crippen molar-refractivity contribution in [3.8, 4) is 17.1 Å². The van der Waals surface area contributed by atoms with Crippen molar-refractivity contribution in [2.75, 3.05) is 18.2 Å². The number of fused-ring (bicyclic) bond motifs is 1. The number of hydrogen-bond acceptors (Lipinski definition) is 5. The van der Waals surface area contributed by atoms with Crippen LogP contribution in [0.1, 0.15) is 10.4 Å². The minimum Gasteiger partial charge on any atom is -0.489 e. The highest BCUT2D eigenvalue weighted by Gasteiger charge is 2.21. The summed E-state index contributed by atoms with van der Waals surface area (Å²) in [4.78, 5) is 20.7. The van der Waals surface area contributed by atoms with Gasteiger partial charge >= 0.3 is 0 Å². The maximum Gasteiger partial charge on any atom is 0.272 e. The van der Waals surface area contributed by atoms with E-state index in [0.717, 1.165) is 0 Å². The summed E-state index contributed by atoms with van der Waals surface area (Å²) in [5.41, 5.74) is 3.87. The van der Waals surface area contributed by atoms with E-state index >= 15 is 0 Å². The van der Waals surface area contributed by atoms with Gasteiger partial charge in [-0.15, -0.1) is 0 Å². The molecule has 1 aliphatic heterocycles. The molecule has 0 saturated heterocycles. The van der Waals surface area contributed by atoms with Crippen LogP contribution in [-0.2, 0) is 0 Å². The van der Waals surface area contributed by atoms with Crippen LogP contribution in [0.15, 0.2) is 54.9 Å². The first-order valence-electron chi connectivity index (χ1n) is 8.19. The van der Waals surface area contributed by atoms with Crippen molar-refractivity contribution < 1.29 is 18.3 Å². The fourth-order valence-corrected chi connectivity index (χ4v) is 2.72. The van der Waals surface area contributed by atoms with Crippen LogP contribution in [0.3, 0.4) is 0 Å². The number of hydrazine groups is 1. The van der Waals surface area contributed by atoms with Crippen LogP contribution in [0, 0.1) is 11.6 Å². The number of anilines is 1. The largest absolute Gasteiger partial charge is 0.489 e. The Morgan fingerprint density at radius 1 is 1.07 bits per heavy atom. The first-order valence-corrected chi connectivity index (χ1v) is 8.19. The lowest BCUT2D eigenvalue weighted by Crippen LogP contribution is -2.46. The molecule has 1 N–H and O–H groups in total. The van der Waals surface area contributed by atoms with Gasteiger partial charge in [0.2, 0.25) is 0 Å². The number of rotatable bonds is 3. The standard InChI is InChI=1S/C19H14F2N4O2/c20-14-3-1-2-12(8-14)18-22-10-13(11-23-18)19(26)24-25-6-7-27-17-5-4-15(21)9-16(17)25/h1-5,8-11H,6-7H2,(H,24,26). The van der Waals surface area contributed by atoms with Gasteiger partial charge in [0.25, 0.3) is 5.91 Å². The average molecular weight is 368 g/mol. The van der Waals surface area contributed by atoms with E-state index in [1.807, 2.05) is 0 Å². The molecule has 6 nitrogen and oxygen atoms in total. The Labute approximate surface area is 153 Å². The van der Waals surface area contributed by atoms with Gasteiger partial charge < -0.3 is 4.74 Å². The SMILES string of the molecule is O=C(NN1CCOc2ccc(F)cc21)c1cnc(-c2cccc(F)c2)nc1. The molecule has 3 aromatic rings. The van der Waals surface area contributed by atoms with Crippen molar-refractivity contribution in [1.82, 2.24) is 15.4 Å². The molecule has 0 radical (unpaired) electrons. The lowest BCUT2D eigenvalue weighted by Gasteiger charge is -2.31. The lowest BCUT2D eigenvalue weighted by atomic mass is 10.2. The minimum absolute atomic E-state index is 0.222. The third kappa shape index (κ3) is 3.55. The van der Waals surface area contributed by atoms with Gasteiger partial charge in [-0.05, 0) is 24.3 Å². The molecule has 27 heavy (non-hydrogen) atoms. The molecular weight excluding hydrogens is 354 g/mol. The summed E-state index contributed by atoms with van der Waals surface area (Å²) in [7, 11) is 0. The third-order valence-corrected chi connectivity index (χ3v) is 4.02. The fourth-order valence-electron chi connectivity index (χ4n) is 2.72. The summed E-state index contributed by atoms with van der Waals surface area (Å²) in [6.45, 7) is 0.721. The van der Waals surface area contributed by atoms with Gasteiger partial charge in [-0.2, -0.15) is 0 Å². The molecule has 0 atom stereocenters. The topological polar surface area (TPSA) is 67.4 Å². The molecule has 0 spiro atoms. The highest BCUT2D eigenvalue weighted by molar-refractivity contribution is 5.94. The van der Waals surface area contributed by atoms with Crippen molar-refractivity contribution in [1.29, 1.82) is 0 Å². The molecule has 0 aliphatic carbocycles. The van der Waals surface area contributed by atoms with Crippen molar-refractivity contribution >= 4 is 11.6 Å². The number of ether oxygens (including phenoxy) is 1. The van der Waals surface area contributed by atoms with E-state index in [-0.39, 0.29) is 5.56 Å². The zero-order valence-electron chi connectivity index (χ0n) is 14.0. The quantitative estimate of drug-likeness (QED) is 0.770. The number of nitrogens with one attached hydrogen (secondary N) is 1. The maximum atomic E-state index is 13.5. The lowest BCUT2D eigenvalue weighted by molar-refractivity contribution is 0.0944. The van der Waals surface area contributed by atoms with Crippen LogP contribution in [0.25, 0.3) is 11.4 Å². The molecule has 0 unspecified atom stereocenters. The van der Waals surface area contributed by atoms with E-state index in [9.17, 15) is 13.6 Å². The van der Waals surface area contributed by atoms with Gasteiger partial charge in [0.05, 0.1) is 12.1 Å². The Balaban J connectivity index is 1.52. The Kier molecular flexibility index (Phi) is 4.37. The highest BCUT2D eigenvalue weighted by Crippen LogP contribution is 2.31. The van der Waals surface area contributed by atoms with E-state index in [1.165, 1.54) is 47.7 Å². The Hall–Kier alpha value is -3.55. The second kappa shape index (κ2) is 6.99. The zero-order valence-corrected chi connectivity index (χ0v) is 14.0. The number of carbonyl (C=O) groups is 1. The van der Waals surface area contributed by atoms with E-state index in [4.69, 9.17) is 4.74 Å². The van der Waals surface area contributed by atoms with Crippen LogP contribution in [-0.4, -0.2) is 29.0 Å². The second-order valence-electron chi connectivity index (χ2n) is 5.86. The zero-order chi connectivity index (χ0) is 18.8. The molecule has 0 fully saturated rings. The van der Waals surface area contributed by atoms with Gasteiger partial charge in [0.15, 0.2) is 5.82 Å². The maximum absolute atomic E-state index is 13.5. The summed E-state index contributed by atoms with van der Waals surface area (Å²) in [5.74, 6) is -0.471. The van der Waals surface area contributed by atoms with Crippen molar-refractivity contribution in [2.45, 2.75) is 0 Å². The summed E-state index contributed by atoms with van der Waals surface area (Å²) in [5, 5.41) is 1.52. The van der Waals surface area contributed by atoms with Crippen molar-refractivity contribution in [3.63, 3.8) is 0 Å². The molecular formula is C19H14F2N4O2. The van der Waals surface area contributed by atoms with Crippen LogP contribution in [0.2, 0.25) is 0 Å². The predicted molar refractivity (Wildman–Crippen MR) is 94.1 cm³/mol. The first-order chi connectivity index (χ1) is 13.1. The number of nitrogens with zero attached hydrogens (tertiary/aromatic N) is 3. The number of hydrogen-bond donors (Lipinski definition) is 1. The van der Waals surface area contributed by atoms with Crippen molar-refractivity contribution in [3.05, 3.63) is 72.1 Å². The van der Waals surface area contributed by atoms with Crippen LogP contribution in [0.4, 0.5) is 14.5 Å². The number of aromatic nitrogens is 2. The smallest absolute Gasteiger partial charge is 0.272 e. The molecule has 8 heteroatoms. The molecule has 2 aromatic carbocycles. The average Bonchev–Trinajstić information content (AvgIpc) is 2.68. The summed E-state index contributed by atoms with van der Waals surface area (Å²) < 4.78 is 32.3. The highest BCUT2D eigenvalue weighted by atomic mass is 19.1. The number of amides is 1. The van der Waals surface area contributed by atoms with Gasteiger partial charge in [-0.25, -0.2) is 18.7 Å². The van der Waals surface area contributed by atoms with Crippen molar-refractivity contribution in [2.24, 2.45) is 0 Å². The molecule has 136 valence electrons. The van der Waals surface area contributed by atoms with Gasteiger partial charge in [-0.1, -0.05) is 12.1 Å². The number of carbonyl (C=O) groups excluding carboxylic acids is 1. The molecule has 4 rings (SSSR count). The number of halogens is 2. The van der Waals surface area contributed by atoms with E-state index in [1.54, 1.807) is 12.1 Å². The monoisotopic (exact) mass is 368 g/mol. The Morgan fingerprint density at radius 2 is 1.85 bits per heavy atom. The summed E-state index contributed by atoms with van der Waals surface area (Å²) in [6, 6.07) is 9.98. The molecule has 1 aliphatic rings. The van der Waals surface area contributed by atoms with Crippen LogP contribution in [0.5, 0.6) is 5.75 Å². The van der Waals surface area contributed by atoms with E-state index in [0.29, 0.717) is 36.0 Å². The second-order valence-corrected chi connectivity index (χ2v) is 5.86. The van der Waals surface area contributed by atoms with E-state index in [2.05, 4.69) is 15.4 Å². The molecule has 1 amide bonds. The Morgan fingerprint density at radius 3 is 2.63 bits per heavy atom. The van der Waals surface area contributed by atoms with Gasteiger partial charge in [0, 0.05) is 24.0 Å². The molecule has 0 bridgehead atoms. The molecule has 0 saturated carbocycles. The first kappa shape index (κ1) is 16.9. The predicted octanol–water partition coefficient (Wildman–Crippen LogP) is 2.97. The third-order valence-electron chi connectivity index (χ3n) is 4.02.